The molecule has 2 aliphatic rings. The van der Waals surface area contributed by atoms with E-state index in [0.717, 1.165) is 31.9 Å². The smallest absolute Gasteiger partial charge is 0.407 e. The highest BCUT2D eigenvalue weighted by Crippen LogP contribution is 2.51. The Morgan fingerprint density at radius 2 is 1.92 bits per heavy atom. The minimum absolute atomic E-state index is 0.0713. The van der Waals surface area contributed by atoms with E-state index in [2.05, 4.69) is 20.4 Å². The lowest BCUT2D eigenvalue weighted by Crippen LogP contribution is -2.41. The summed E-state index contributed by atoms with van der Waals surface area (Å²) in [6, 6.07) is 6.97. The van der Waals surface area contributed by atoms with Gasteiger partial charge in [0, 0.05) is 37.1 Å². The van der Waals surface area contributed by atoms with E-state index in [1.165, 1.54) is 46.1 Å². The number of carbonyl (C=O) groups is 2. The third-order valence-electron chi connectivity index (χ3n) is 8.77. The third-order valence-corrected chi connectivity index (χ3v) is 10.4. The highest BCUT2D eigenvalue weighted by atomic mass is 35.5. The lowest BCUT2D eigenvalue weighted by molar-refractivity contribution is -0.151. The third kappa shape index (κ3) is 9.12. The van der Waals surface area contributed by atoms with Gasteiger partial charge in [0.1, 0.15) is 15.9 Å². The molecule has 3 aromatic rings. The monoisotopic (exact) mass is 727 g/mol. The van der Waals surface area contributed by atoms with Crippen LogP contribution in [0, 0.1) is 17.8 Å². The Kier molecular flexibility index (Phi) is 10.6. The van der Waals surface area contributed by atoms with Crippen molar-refractivity contribution < 1.29 is 41.0 Å². The van der Waals surface area contributed by atoms with Crippen molar-refractivity contribution in [2.24, 2.45) is 17.8 Å². The number of halogens is 4. The quantitative estimate of drug-likeness (QED) is 0.137. The number of rotatable bonds is 14. The molecule has 1 saturated carbocycles. The van der Waals surface area contributed by atoms with Crippen molar-refractivity contribution in [1.82, 2.24) is 29.4 Å². The number of unbranched alkanes of at least 4 members (excludes halogenated alkanes) is 1. The fourth-order valence-corrected chi connectivity index (χ4v) is 7.23. The Morgan fingerprint density at radius 3 is 2.55 bits per heavy atom. The summed E-state index contributed by atoms with van der Waals surface area (Å²) < 4.78 is 72.6. The van der Waals surface area contributed by atoms with Crippen LogP contribution < -0.4 is 14.8 Å². The summed E-state index contributed by atoms with van der Waals surface area (Å²) in [6.45, 7) is 5.07. The zero-order valence-electron chi connectivity index (χ0n) is 26.8. The number of nitrogens with zero attached hydrogens (tertiary/aromatic N) is 5. The van der Waals surface area contributed by atoms with Crippen molar-refractivity contribution in [1.29, 1.82) is 0 Å². The first kappa shape index (κ1) is 36.2. The second kappa shape index (κ2) is 14.4. The highest BCUT2D eigenvalue weighted by Gasteiger charge is 2.55. The second-order valence-corrected chi connectivity index (χ2v) is 14.9. The Morgan fingerprint density at radius 1 is 1.14 bits per heavy atom. The Labute approximate surface area is 286 Å². The Hall–Kier alpha value is -4.12. The summed E-state index contributed by atoms with van der Waals surface area (Å²) in [5.41, 5.74) is -0.572. The molecule has 266 valence electrons. The van der Waals surface area contributed by atoms with Gasteiger partial charge in [-0.3, -0.25) is 4.79 Å². The van der Waals surface area contributed by atoms with Crippen molar-refractivity contribution in [2.45, 2.75) is 69.0 Å². The number of aromatic nitrogens is 4. The number of pyridine rings is 2. The molecular weight excluding hydrogens is 691 g/mol. The van der Waals surface area contributed by atoms with Gasteiger partial charge in [-0.15, -0.1) is 5.10 Å². The molecule has 4 heterocycles. The van der Waals surface area contributed by atoms with E-state index in [-0.39, 0.29) is 52.3 Å². The molecule has 0 aromatic carbocycles. The Bertz CT molecular complexity index is 1770. The lowest BCUT2D eigenvalue weighted by Gasteiger charge is -2.28. The second-order valence-electron chi connectivity index (χ2n) is 12.9. The van der Waals surface area contributed by atoms with Crippen LogP contribution >= 0.6 is 11.6 Å². The predicted octanol–water partition coefficient (Wildman–Crippen LogP) is 5.76. The van der Waals surface area contributed by atoms with Gasteiger partial charge in [0.05, 0.1) is 18.1 Å². The van der Waals surface area contributed by atoms with Gasteiger partial charge < -0.3 is 20.1 Å². The molecule has 3 N–H and O–H groups in total. The van der Waals surface area contributed by atoms with Gasteiger partial charge in [-0.2, -0.15) is 13.2 Å². The average Bonchev–Trinajstić information content (AvgIpc) is 3.54. The summed E-state index contributed by atoms with van der Waals surface area (Å²) in [6.07, 6.45) is 1.33. The first-order valence-corrected chi connectivity index (χ1v) is 17.6. The number of nitrogens with one attached hydrogen (secondary N) is 2. The molecule has 49 heavy (non-hydrogen) atoms. The number of hydrogen-bond donors (Lipinski definition) is 3. The van der Waals surface area contributed by atoms with Crippen LogP contribution in [0.4, 0.5) is 23.8 Å². The number of amides is 2. The number of hydrogen-bond acceptors (Lipinski definition) is 9. The van der Waals surface area contributed by atoms with E-state index in [0.29, 0.717) is 24.8 Å². The standard InChI is InChI=1S/C31H37ClF3N7O6S/c1-30(2)16-19(18-41(30)29(44)45)5-3-4-12-36-24-8-6-21(17-37-24)49(46,47)40-28(43)22-7-9-25(38-27(22)32)42-13-10-26(39-42)48-14-11-20-15-23(20)31(33,34)35/h6-10,13,17,19-20,23H,3-5,11-12,14-16,18H2,1-2H3,(H,36,37)(H,40,43)(H,44,45). The molecule has 2 amide bonds. The van der Waals surface area contributed by atoms with E-state index >= 15 is 0 Å². The topological polar surface area (TPSA) is 169 Å². The number of ether oxygens (including phenoxy) is 1. The molecule has 0 bridgehead atoms. The maximum atomic E-state index is 12.9. The lowest BCUT2D eigenvalue weighted by atomic mass is 9.93. The van der Waals surface area contributed by atoms with Crippen molar-refractivity contribution in [3.63, 3.8) is 0 Å². The average molecular weight is 728 g/mol. The van der Waals surface area contributed by atoms with E-state index in [9.17, 15) is 36.3 Å². The number of likely N-dealkylation sites (tertiary alicyclic amines) is 1. The van der Waals surface area contributed by atoms with Crippen molar-refractivity contribution in [2.75, 3.05) is 25.0 Å². The maximum absolute atomic E-state index is 12.9. The Balaban J connectivity index is 1.07. The summed E-state index contributed by atoms with van der Waals surface area (Å²) >= 11 is 6.21. The fourth-order valence-electron chi connectivity index (χ4n) is 6.09. The number of anilines is 1. The molecule has 3 aromatic heterocycles. The number of sulfonamides is 1. The molecule has 1 aliphatic heterocycles. The van der Waals surface area contributed by atoms with Crippen LogP contribution in [0.2, 0.25) is 5.15 Å². The predicted molar refractivity (Wildman–Crippen MR) is 172 cm³/mol. The van der Waals surface area contributed by atoms with Gasteiger partial charge in [-0.1, -0.05) is 18.0 Å². The van der Waals surface area contributed by atoms with E-state index in [1.807, 2.05) is 18.6 Å². The van der Waals surface area contributed by atoms with Crippen LogP contribution in [0.5, 0.6) is 5.88 Å². The van der Waals surface area contributed by atoms with Crippen LogP contribution in [-0.2, 0) is 10.0 Å². The molecule has 0 spiro atoms. The van der Waals surface area contributed by atoms with Gasteiger partial charge in [0.2, 0.25) is 5.88 Å². The molecular formula is C31H37ClF3N7O6S. The summed E-state index contributed by atoms with van der Waals surface area (Å²) in [4.78, 5) is 33.8. The summed E-state index contributed by atoms with van der Waals surface area (Å²) in [5, 5.41) is 16.4. The highest BCUT2D eigenvalue weighted by molar-refractivity contribution is 7.90. The largest absolute Gasteiger partial charge is 0.477 e. The van der Waals surface area contributed by atoms with Crippen LogP contribution in [0.15, 0.2) is 47.6 Å². The first-order chi connectivity index (χ1) is 23.0. The van der Waals surface area contributed by atoms with Crippen LogP contribution in [0.1, 0.15) is 62.7 Å². The van der Waals surface area contributed by atoms with Crippen LogP contribution in [0.25, 0.3) is 5.82 Å². The molecule has 3 atom stereocenters. The maximum Gasteiger partial charge on any atom is 0.407 e. The number of carbonyl (C=O) groups excluding carboxylic acids is 1. The van der Waals surface area contributed by atoms with Gasteiger partial charge in [-0.25, -0.2) is 32.6 Å². The van der Waals surface area contributed by atoms with E-state index < -0.39 is 40.0 Å². The molecule has 2 fully saturated rings. The van der Waals surface area contributed by atoms with Crippen molar-refractivity contribution in [3.8, 4) is 11.7 Å². The molecule has 5 rings (SSSR count). The normalized spacial score (nSPS) is 20.2. The number of carboxylic acid groups (broad SMARTS) is 1. The van der Waals surface area contributed by atoms with Crippen LogP contribution in [0.3, 0.4) is 0 Å². The van der Waals surface area contributed by atoms with Gasteiger partial charge in [-0.05, 0) is 82.1 Å². The van der Waals surface area contributed by atoms with Gasteiger partial charge in [0.25, 0.3) is 15.9 Å². The van der Waals surface area contributed by atoms with E-state index in [1.54, 1.807) is 0 Å². The SMILES string of the molecule is CC1(C)CC(CCCCNc2ccc(S(=O)(=O)NC(=O)c3ccc(-n4ccc(OCCC5CC5C(F)(F)F)n4)nc3Cl)cn2)CN1C(=O)O. The minimum Gasteiger partial charge on any atom is -0.477 e. The zero-order valence-corrected chi connectivity index (χ0v) is 28.4. The molecule has 13 nitrogen and oxygen atoms in total. The zero-order chi connectivity index (χ0) is 35.6. The molecule has 3 unspecified atom stereocenters. The number of alkyl halides is 3. The summed E-state index contributed by atoms with van der Waals surface area (Å²) in [7, 11) is -4.30. The van der Waals surface area contributed by atoms with Gasteiger partial charge in [0.15, 0.2) is 5.82 Å². The van der Waals surface area contributed by atoms with Crippen molar-refractivity contribution in [3.05, 3.63) is 53.4 Å². The first-order valence-electron chi connectivity index (χ1n) is 15.7. The van der Waals surface area contributed by atoms with E-state index in [4.69, 9.17) is 16.3 Å². The van der Waals surface area contributed by atoms with Crippen LogP contribution in [-0.4, -0.2) is 81.6 Å². The molecule has 1 aliphatic carbocycles. The molecule has 0 radical (unpaired) electrons. The molecule has 1 saturated heterocycles. The minimum atomic E-state index is -4.30. The van der Waals surface area contributed by atoms with Crippen molar-refractivity contribution >= 4 is 39.4 Å². The molecule has 18 heteroatoms. The summed E-state index contributed by atoms with van der Waals surface area (Å²) in [5.74, 6) is -1.60. The van der Waals surface area contributed by atoms with Gasteiger partial charge >= 0.3 is 12.3 Å². The fraction of sp³-hybridized carbons (Fsp3) is 0.516.